The van der Waals surface area contributed by atoms with Gasteiger partial charge in [-0.05, 0) is 36.3 Å². The molecule has 1 nitrogen and oxygen atoms in total. The standard InChI is InChI=1S/C19H15N/c1-3-9-15(10-4-1)20-18-13-6-2-5-11-16(18)17-12-7-8-14-19(17)20/h1-10,12-14H,11H2. The molecule has 0 saturated carbocycles. The lowest BCUT2D eigenvalue weighted by Gasteiger charge is -2.08. The van der Waals surface area contributed by atoms with E-state index in [1.54, 1.807) is 0 Å². The Hall–Kier alpha value is -2.54. The van der Waals surface area contributed by atoms with Gasteiger partial charge in [-0.3, -0.25) is 0 Å². The number of rotatable bonds is 1. The molecule has 1 heterocycles. The van der Waals surface area contributed by atoms with Gasteiger partial charge in [0.2, 0.25) is 0 Å². The molecule has 96 valence electrons. The Morgan fingerprint density at radius 2 is 1.60 bits per heavy atom. The lowest BCUT2D eigenvalue weighted by atomic mass is 10.1. The Morgan fingerprint density at radius 1 is 0.800 bits per heavy atom. The van der Waals surface area contributed by atoms with Crippen molar-refractivity contribution in [1.82, 2.24) is 4.57 Å². The Bertz CT molecular complexity index is 820. The van der Waals surface area contributed by atoms with Crippen molar-refractivity contribution in [2.45, 2.75) is 6.42 Å². The number of fused-ring (bicyclic) bond motifs is 3. The van der Waals surface area contributed by atoms with Crippen molar-refractivity contribution in [2.75, 3.05) is 0 Å². The molecule has 0 aliphatic heterocycles. The maximum atomic E-state index is 2.36. The van der Waals surface area contributed by atoms with E-state index < -0.39 is 0 Å². The van der Waals surface area contributed by atoms with Crippen LogP contribution in [0, 0.1) is 0 Å². The van der Waals surface area contributed by atoms with E-state index in [1.165, 1.54) is 27.8 Å². The first-order valence-corrected chi connectivity index (χ1v) is 6.96. The van der Waals surface area contributed by atoms with Crippen molar-refractivity contribution >= 4 is 17.0 Å². The van der Waals surface area contributed by atoms with Gasteiger partial charge in [0.05, 0.1) is 11.2 Å². The monoisotopic (exact) mass is 257 g/mol. The van der Waals surface area contributed by atoms with E-state index in [1.807, 2.05) is 0 Å². The van der Waals surface area contributed by atoms with Gasteiger partial charge in [-0.15, -0.1) is 0 Å². The first kappa shape index (κ1) is 11.3. The summed E-state index contributed by atoms with van der Waals surface area (Å²) < 4.78 is 2.36. The fourth-order valence-electron chi connectivity index (χ4n) is 2.98. The minimum Gasteiger partial charge on any atom is -0.310 e. The van der Waals surface area contributed by atoms with Crippen LogP contribution in [-0.4, -0.2) is 4.57 Å². The number of hydrogen-bond acceptors (Lipinski definition) is 0. The zero-order chi connectivity index (χ0) is 13.4. The fraction of sp³-hybridized carbons (Fsp3) is 0.0526. The zero-order valence-electron chi connectivity index (χ0n) is 11.2. The van der Waals surface area contributed by atoms with Gasteiger partial charge >= 0.3 is 0 Å². The van der Waals surface area contributed by atoms with Crippen LogP contribution in [0.2, 0.25) is 0 Å². The highest BCUT2D eigenvalue weighted by Crippen LogP contribution is 2.32. The smallest absolute Gasteiger partial charge is 0.0537 e. The maximum absolute atomic E-state index is 2.36. The summed E-state index contributed by atoms with van der Waals surface area (Å²) in [7, 11) is 0. The van der Waals surface area contributed by atoms with Gasteiger partial charge in [0, 0.05) is 11.1 Å². The molecule has 1 heteroatoms. The molecule has 4 rings (SSSR count). The van der Waals surface area contributed by atoms with Crippen molar-refractivity contribution in [3.05, 3.63) is 84.1 Å². The zero-order valence-corrected chi connectivity index (χ0v) is 11.2. The van der Waals surface area contributed by atoms with E-state index in [4.69, 9.17) is 0 Å². The van der Waals surface area contributed by atoms with Crippen LogP contribution in [0.1, 0.15) is 11.3 Å². The SMILES string of the molecule is C1=CCc2c(n(-c3ccccc3)c3ccccc23)C=C1. The molecule has 0 amide bonds. The molecule has 2 aromatic carbocycles. The van der Waals surface area contributed by atoms with Crippen LogP contribution in [0.5, 0.6) is 0 Å². The number of nitrogens with zero attached hydrogens (tertiary/aromatic N) is 1. The molecule has 1 aromatic heterocycles. The van der Waals surface area contributed by atoms with Gasteiger partial charge in [0.25, 0.3) is 0 Å². The fourth-order valence-corrected chi connectivity index (χ4v) is 2.98. The molecule has 0 unspecified atom stereocenters. The molecule has 1 aliphatic carbocycles. The summed E-state index contributed by atoms with van der Waals surface area (Å²) in [5.74, 6) is 0. The second-order valence-electron chi connectivity index (χ2n) is 5.04. The predicted octanol–water partition coefficient (Wildman–Crippen LogP) is 4.76. The molecule has 0 fully saturated rings. The van der Waals surface area contributed by atoms with Gasteiger partial charge in [-0.1, -0.05) is 54.6 Å². The van der Waals surface area contributed by atoms with Crippen LogP contribution in [0.4, 0.5) is 0 Å². The number of aromatic nitrogens is 1. The third kappa shape index (κ3) is 1.64. The molecule has 3 aromatic rings. The number of hydrogen-bond donors (Lipinski definition) is 0. The molecule has 0 atom stereocenters. The van der Waals surface area contributed by atoms with E-state index in [9.17, 15) is 0 Å². The summed E-state index contributed by atoms with van der Waals surface area (Å²) >= 11 is 0. The normalized spacial score (nSPS) is 13.4. The molecule has 0 radical (unpaired) electrons. The maximum Gasteiger partial charge on any atom is 0.0537 e. The Kier molecular flexibility index (Phi) is 2.56. The topological polar surface area (TPSA) is 4.93 Å². The highest BCUT2D eigenvalue weighted by Gasteiger charge is 2.15. The Morgan fingerprint density at radius 3 is 2.50 bits per heavy atom. The molecule has 0 spiro atoms. The highest BCUT2D eigenvalue weighted by atomic mass is 15.0. The summed E-state index contributed by atoms with van der Waals surface area (Å²) in [5, 5.41) is 1.35. The van der Waals surface area contributed by atoms with Crippen LogP contribution in [-0.2, 0) is 6.42 Å². The quantitative estimate of drug-likeness (QED) is 0.592. The van der Waals surface area contributed by atoms with Gasteiger partial charge in [-0.25, -0.2) is 0 Å². The first-order valence-electron chi connectivity index (χ1n) is 6.96. The lowest BCUT2D eigenvalue weighted by molar-refractivity contribution is 1.09. The summed E-state index contributed by atoms with van der Waals surface area (Å²) in [4.78, 5) is 0. The molecule has 0 bridgehead atoms. The number of benzene rings is 2. The average molecular weight is 257 g/mol. The van der Waals surface area contributed by atoms with Crippen molar-refractivity contribution in [3.8, 4) is 5.69 Å². The van der Waals surface area contributed by atoms with E-state index in [0.717, 1.165) is 6.42 Å². The minimum absolute atomic E-state index is 0.989. The largest absolute Gasteiger partial charge is 0.310 e. The summed E-state index contributed by atoms with van der Waals surface area (Å²) in [6.07, 6.45) is 9.69. The second-order valence-corrected chi connectivity index (χ2v) is 5.04. The van der Waals surface area contributed by atoms with E-state index in [0.29, 0.717) is 0 Å². The van der Waals surface area contributed by atoms with Crippen LogP contribution in [0.15, 0.2) is 72.8 Å². The van der Waals surface area contributed by atoms with Gasteiger partial charge in [0.1, 0.15) is 0 Å². The van der Waals surface area contributed by atoms with Crippen LogP contribution in [0.25, 0.3) is 22.7 Å². The molecule has 1 aliphatic rings. The summed E-state index contributed by atoms with van der Waals surface area (Å²) in [6.45, 7) is 0. The second kappa shape index (κ2) is 4.53. The van der Waals surface area contributed by atoms with Crippen molar-refractivity contribution in [1.29, 1.82) is 0 Å². The molecular formula is C19H15N. The van der Waals surface area contributed by atoms with E-state index >= 15 is 0 Å². The molecular weight excluding hydrogens is 242 g/mol. The third-order valence-corrected chi connectivity index (χ3v) is 3.86. The first-order chi connectivity index (χ1) is 9.95. The Labute approximate surface area is 118 Å². The van der Waals surface area contributed by atoms with E-state index in [2.05, 4.69) is 83.5 Å². The van der Waals surface area contributed by atoms with Crippen molar-refractivity contribution in [3.63, 3.8) is 0 Å². The average Bonchev–Trinajstić information content (AvgIpc) is 2.65. The van der Waals surface area contributed by atoms with Crippen LogP contribution in [0.3, 0.4) is 0 Å². The predicted molar refractivity (Wildman–Crippen MR) is 85.2 cm³/mol. The summed E-state index contributed by atoms with van der Waals surface area (Å²) in [6, 6.07) is 19.2. The third-order valence-electron chi connectivity index (χ3n) is 3.86. The van der Waals surface area contributed by atoms with Crippen molar-refractivity contribution < 1.29 is 0 Å². The van der Waals surface area contributed by atoms with Crippen molar-refractivity contribution in [2.24, 2.45) is 0 Å². The van der Waals surface area contributed by atoms with Gasteiger partial charge in [-0.2, -0.15) is 0 Å². The van der Waals surface area contributed by atoms with E-state index in [-0.39, 0.29) is 0 Å². The van der Waals surface area contributed by atoms with Crippen LogP contribution < -0.4 is 0 Å². The van der Waals surface area contributed by atoms with Crippen LogP contribution >= 0.6 is 0 Å². The summed E-state index contributed by atoms with van der Waals surface area (Å²) in [5.41, 5.74) is 5.21. The Balaban J connectivity index is 2.12. The number of allylic oxidation sites excluding steroid dienone is 3. The van der Waals surface area contributed by atoms with Gasteiger partial charge in [0.15, 0.2) is 0 Å². The molecule has 0 saturated heterocycles. The molecule has 0 N–H and O–H groups in total. The van der Waals surface area contributed by atoms with Gasteiger partial charge < -0.3 is 4.57 Å². The number of para-hydroxylation sites is 2. The highest BCUT2D eigenvalue weighted by molar-refractivity contribution is 5.90. The molecule has 20 heavy (non-hydrogen) atoms. The minimum atomic E-state index is 0.989. The lowest BCUT2D eigenvalue weighted by Crippen LogP contribution is -1.96.